The number of aromatic hydroxyl groups is 1. The summed E-state index contributed by atoms with van der Waals surface area (Å²) in [5, 5.41) is 22.6. The lowest BCUT2D eigenvalue weighted by atomic mass is 9.49. The van der Waals surface area contributed by atoms with Crippen molar-refractivity contribution in [2.45, 2.75) is 76.0 Å². The van der Waals surface area contributed by atoms with Crippen LogP contribution in [0.3, 0.4) is 0 Å². The molecule has 2 saturated carbocycles. The average molecular weight is 599 g/mol. The summed E-state index contributed by atoms with van der Waals surface area (Å²) in [4.78, 5) is 94.5. The quantitative estimate of drug-likeness (QED) is 0.196. The summed E-state index contributed by atoms with van der Waals surface area (Å²) in [5.74, 6) is -14.9. The van der Waals surface area contributed by atoms with Gasteiger partial charge in [-0.2, -0.15) is 0 Å². The smallest absolute Gasteiger partial charge is 0.306 e. The maximum Gasteiger partial charge on any atom is 0.306 e. The molecule has 1 amide bonds. The van der Waals surface area contributed by atoms with Crippen molar-refractivity contribution < 1.29 is 48.5 Å². The summed E-state index contributed by atoms with van der Waals surface area (Å²) in [7, 11) is 2.87. The van der Waals surface area contributed by atoms with Gasteiger partial charge in [0.15, 0.2) is 34.7 Å². The van der Waals surface area contributed by atoms with Crippen LogP contribution in [0.5, 0.6) is 5.75 Å². The van der Waals surface area contributed by atoms with Crippen LogP contribution >= 0.6 is 0 Å². The van der Waals surface area contributed by atoms with Crippen LogP contribution in [0.1, 0.15) is 74.2 Å². The highest BCUT2D eigenvalue weighted by Crippen LogP contribution is 2.55. The number of phenolic OH excluding ortho intramolecular Hbond substituents is 1. The Bertz CT molecular complexity index is 1390. The molecule has 0 bridgehead atoms. The molecule has 0 radical (unpaired) electrons. The van der Waals surface area contributed by atoms with Gasteiger partial charge < -0.3 is 20.7 Å². The maximum absolute atomic E-state index is 14.2. The monoisotopic (exact) mass is 598 g/mol. The number of primary amides is 1. The van der Waals surface area contributed by atoms with Crippen molar-refractivity contribution >= 4 is 40.8 Å². The summed E-state index contributed by atoms with van der Waals surface area (Å²) < 4.78 is 5.89. The van der Waals surface area contributed by atoms with Gasteiger partial charge >= 0.3 is 5.97 Å². The second-order valence-corrected chi connectivity index (χ2v) is 12.1. The molecule has 12 heteroatoms. The van der Waals surface area contributed by atoms with Crippen molar-refractivity contribution in [3.8, 4) is 5.75 Å². The molecule has 0 aromatic heterocycles. The lowest BCUT2D eigenvalue weighted by molar-refractivity contribution is -0.205. The summed E-state index contributed by atoms with van der Waals surface area (Å²) in [6.07, 6.45) is 0.740. The third-order valence-electron chi connectivity index (χ3n) is 9.26. The number of aliphatic hydroxyl groups is 1. The van der Waals surface area contributed by atoms with Crippen LogP contribution in [0, 0.1) is 23.7 Å². The number of nitrogens with zero attached hydrogens (tertiary/aromatic N) is 1. The molecule has 2 unspecified atom stereocenters. The van der Waals surface area contributed by atoms with Gasteiger partial charge in [0.05, 0.1) is 29.9 Å². The number of fused-ring (bicyclic) bond motifs is 3. The summed E-state index contributed by atoms with van der Waals surface area (Å²) in [6, 6.07) is 2.88. The van der Waals surface area contributed by atoms with Crippen LogP contribution in [-0.4, -0.2) is 87.7 Å². The number of phenols is 1. The van der Waals surface area contributed by atoms with E-state index in [0.717, 1.165) is 12.8 Å². The minimum absolute atomic E-state index is 0.124. The van der Waals surface area contributed by atoms with Crippen molar-refractivity contribution in [1.82, 2.24) is 4.90 Å². The Balaban J connectivity index is 1.84. The fourth-order valence-corrected chi connectivity index (χ4v) is 7.22. The number of benzene rings is 1. The van der Waals surface area contributed by atoms with Crippen LogP contribution in [0.15, 0.2) is 18.2 Å². The Morgan fingerprint density at radius 2 is 1.70 bits per heavy atom. The van der Waals surface area contributed by atoms with Crippen LogP contribution in [-0.2, 0) is 33.5 Å². The van der Waals surface area contributed by atoms with Crippen molar-refractivity contribution in [2.75, 3.05) is 14.1 Å². The van der Waals surface area contributed by atoms with E-state index < -0.39 is 88.1 Å². The van der Waals surface area contributed by atoms with Crippen LogP contribution in [0.2, 0.25) is 0 Å². The first kappa shape index (κ1) is 32.2. The average Bonchev–Trinajstić information content (AvgIpc) is 2.93. The van der Waals surface area contributed by atoms with E-state index in [1.54, 1.807) is 13.0 Å². The van der Waals surface area contributed by atoms with Crippen molar-refractivity contribution in [1.29, 1.82) is 0 Å². The van der Waals surface area contributed by atoms with Gasteiger partial charge in [0.1, 0.15) is 17.6 Å². The molecule has 0 heterocycles. The zero-order valence-corrected chi connectivity index (χ0v) is 24.7. The highest BCUT2D eigenvalue weighted by atomic mass is 16.5. The second-order valence-electron chi connectivity index (χ2n) is 12.1. The van der Waals surface area contributed by atoms with E-state index >= 15 is 0 Å². The summed E-state index contributed by atoms with van der Waals surface area (Å²) >= 11 is 0. The SMILES string of the molecule is CCCCCC(=O)CCC(=O)O[C@H]1[C@H]2C(C(=O)c3c(O)cccc3[C@@H]2C)C(=O)[C@]2(O)C(=O)C(C(N)=O)C(=O)[C@@H](N(C)C)[C@H]12. The molecule has 3 aliphatic carbocycles. The second kappa shape index (κ2) is 12.1. The Kier molecular flexibility index (Phi) is 9.03. The number of hydrogen-bond acceptors (Lipinski definition) is 11. The Labute approximate surface area is 248 Å². The van der Waals surface area contributed by atoms with E-state index in [1.807, 2.05) is 6.92 Å². The molecular weight excluding hydrogens is 560 g/mol. The van der Waals surface area contributed by atoms with E-state index in [1.165, 1.54) is 31.1 Å². The van der Waals surface area contributed by atoms with Gasteiger partial charge in [-0.25, -0.2) is 0 Å². The zero-order valence-electron chi connectivity index (χ0n) is 24.7. The van der Waals surface area contributed by atoms with E-state index in [4.69, 9.17) is 10.5 Å². The molecule has 43 heavy (non-hydrogen) atoms. The van der Waals surface area contributed by atoms with Gasteiger partial charge in [0.25, 0.3) is 0 Å². The lowest BCUT2D eigenvalue weighted by Gasteiger charge is -2.56. The first-order chi connectivity index (χ1) is 20.2. The molecule has 1 aromatic rings. The van der Waals surface area contributed by atoms with Crippen LogP contribution in [0.25, 0.3) is 0 Å². The Morgan fingerprint density at radius 1 is 1.02 bits per heavy atom. The van der Waals surface area contributed by atoms with Gasteiger partial charge in [0, 0.05) is 18.8 Å². The molecule has 8 atom stereocenters. The fourth-order valence-electron chi connectivity index (χ4n) is 7.22. The van der Waals surface area contributed by atoms with Crippen LogP contribution in [0.4, 0.5) is 0 Å². The number of carbonyl (C=O) groups is 7. The van der Waals surface area contributed by atoms with Gasteiger partial charge in [-0.05, 0) is 38.1 Å². The third-order valence-corrected chi connectivity index (χ3v) is 9.26. The molecule has 3 aliphatic rings. The molecule has 4 N–H and O–H groups in total. The van der Waals surface area contributed by atoms with Crippen molar-refractivity contribution in [2.24, 2.45) is 29.4 Å². The molecule has 2 fully saturated rings. The predicted octanol–water partition coefficient (Wildman–Crippen LogP) is 0.879. The number of carbonyl (C=O) groups excluding carboxylic acids is 7. The minimum Gasteiger partial charge on any atom is -0.507 e. The van der Waals surface area contributed by atoms with E-state index in [2.05, 4.69) is 0 Å². The zero-order chi connectivity index (χ0) is 32.0. The van der Waals surface area contributed by atoms with Gasteiger partial charge in [-0.3, -0.25) is 38.5 Å². The number of ether oxygens (including phenoxy) is 1. The largest absolute Gasteiger partial charge is 0.507 e. The number of rotatable bonds is 10. The normalized spacial score (nSPS) is 31.7. The summed E-state index contributed by atoms with van der Waals surface area (Å²) in [6.45, 7) is 3.65. The first-order valence-corrected chi connectivity index (χ1v) is 14.6. The van der Waals surface area contributed by atoms with Crippen LogP contribution < -0.4 is 5.73 Å². The molecule has 12 nitrogen and oxygen atoms in total. The Morgan fingerprint density at radius 3 is 2.30 bits per heavy atom. The fraction of sp³-hybridized carbons (Fsp3) is 0.581. The summed E-state index contributed by atoms with van der Waals surface area (Å²) in [5.41, 5.74) is 2.49. The maximum atomic E-state index is 14.2. The molecule has 4 rings (SSSR count). The first-order valence-electron chi connectivity index (χ1n) is 14.6. The highest BCUT2D eigenvalue weighted by Gasteiger charge is 2.74. The molecule has 0 aliphatic heterocycles. The standard InChI is InChI=1S/C31H38N2O10/c1-5-6-7-9-15(34)12-13-18(36)43-27-19-14(2)16-10-8-11-17(35)20(16)25(37)21(19)28(39)31(42)23(27)24(33(3)4)26(38)22(29(31)40)30(32)41/h8,10-11,14,19,21-24,27,35,42H,5-7,9,12-13H2,1-4H3,(H2,32,41)/t14-,19+,21?,22?,23+,24-,27-,31-/m0/s1. The molecule has 232 valence electrons. The number of likely N-dealkylation sites (N-methyl/N-ethyl adjacent to an activating group) is 1. The number of nitrogens with two attached hydrogens (primary N) is 1. The van der Waals surface area contributed by atoms with Gasteiger partial charge in [0.2, 0.25) is 5.91 Å². The predicted molar refractivity (Wildman–Crippen MR) is 150 cm³/mol. The molecule has 0 saturated heterocycles. The van der Waals surface area contributed by atoms with E-state index in [0.29, 0.717) is 12.0 Å². The van der Waals surface area contributed by atoms with Crippen molar-refractivity contribution in [3.05, 3.63) is 29.3 Å². The van der Waals surface area contributed by atoms with Crippen molar-refractivity contribution in [3.63, 3.8) is 0 Å². The highest BCUT2D eigenvalue weighted by molar-refractivity contribution is 6.32. The molecular formula is C31H38N2O10. The van der Waals surface area contributed by atoms with Gasteiger partial charge in [-0.15, -0.1) is 0 Å². The Hall–Kier alpha value is -3.77. The number of amides is 1. The van der Waals surface area contributed by atoms with Gasteiger partial charge in [-0.1, -0.05) is 38.8 Å². The molecule has 1 aromatic carbocycles. The number of esters is 1. The topological polar surface area (TPSA) is 198 Å². The number of ketones is 5. The lowest BCUT2D eigenvalue weighted by Crippen LogP contribution is -2.78. The third kappa shape index (κ3) is 5.20. The van der Waals surface area contributed by atoms with E-state index in [-0.39, 0.29) is 30.6 Å². The molecule has 0 spiro atoms. The number of hydrogen-bond donors (Lipinski definition) is 3. The number of unbranched alkanes of at least 4 members (excludes halogenated alkanes) is 2. The number of Topliss-reactive ketones (excluding diaryl/α,β-unsaturated/α-hetero) is 5. The van der Waals surface area contributed by atoms with E-state index in [9.17, 15) is 43.8 Å². The minimum atomic E-state index is -3.10.